The lowest BCUT2D eigenvalue weighted by atomic mass is 10.1. The third kappa shape index (κ3) is 2.18. The fourth-order valence-electron chi connectivity index (χ4n) is 2.29. The number of aryl methyl sites for hydroxylation is 1. The average Bonchev–Trinajstić information content (AvgIpc) is 3.11. The Morgan fingerprint density at radius 1 is 1.52 bits per heavy atom. The van der Waals surface area contributed by atoms with Gasteiger partial charge in [-0.2, -0.15) is 5.26 Å². The van der Waals surface area contributed by atoms with Crippen molar-refractivity contribution >= 4 is 28.2 Å². The first-order valence-electron chi connectivity index (χ1n) is 6.36. The van der Waals surface area contributed by atoms with Crippen LogP contribution in [0.25, 0.3) is 21.5 Å². The number of hydrogen-bond acceptors (Lipinski definition) is 4. The Morgan fingerprint density at radius 3 is 2.95 bits per heavy atom. The molecule has 21 heavy (non-hydrogen) atoms. The molecule has 0 saturated heterocycles. The summed E-state index contributed by atoms with van der Waals surface area (Å²) in [7, 11) is 0. The van der Waals surface area contributed by atoms with Crippen molar-refractivity contribution in [2.24, 2.45) is 0 Å². The minimum atomic E-state index is -0.977. The number of aromatic nitrogens is 2. The molecule has 0 atom stereocenters. The molecule has 0 amide bonds. The van der Waals surface area contributed by atoms with Gasteiger partial charge in [-0.05, 0) is 25.1 Å². The van der Waals surface area contributed by atoms with Gasteiger partial charge in [0, 0.05) is 29.2 Å². The lowest BCUT2D eigenvalue weighted by Crippen LogP contribution is -1.90. The lowest BCUT2D eigenvalue weighted by Gasteiger charge is -2.01. The highest BCUT2D eigenvalue weighted by Gasteiger charge is 2.13. The van der Waals surface area contributed by atoms with E-state index < -0.39 is 5.97 Å². The molecule has 0 aliphatic carbocycles. The lowest BCUT2D eigenvalue weighted by molar-refractivity contribution is 0.0702. The van der Waals surface area contributed by atoms with Gasteiger partial charge < -0.3 is 9.67 Å². The maximum Gasteiger partial charge on any atom is 0.347 e. The van der Waals surface area contributed by atoms with Crippen molar-refractivity contribution in [3.8, 4) is 16.6 Å². The molecule has 3 aromatic rings. The minimum absolute atomic E-state index is 0.205. The second-order valence-corrected chi connectivity index (χ2v) is 5.54. The maximum absolute atomic E-state index is 10.9. The van der Waals surface area contributed by atoms with E-state index >= 15 is 0 Å². The molecule has 2 heterocycles. The van der Waals surface area contributed by atoms with Crippen LogP contribution in [0, 0.1) is 11.3 Å². The quantitative estimate of drug-likeness (QED) is 0.804. The number of nitriles is 1. The summed E-state index contributed by atoms with van der Waals surface area (Å²) < 4.78 is 2.02. The summed E-state index contributed by atoms with van der Waals surface area (Å²) in [6.45, 7) is 2.81. The molecule has 2 aromatic heterocycles. The van der Waals surface area contributed by atoms with Crippen LogP contribution in [-0.2, 0) is 6.54 Å². The van der Waals surface area contributed by atoms with Crippen LogP contribution in [0.4, 0.5) is 0 Å². The van der Waals surface area contributed by atoms with Crippen LogP contribution < -0.4 is 0 Å². The molecule has 0 fully saturated rings. The monoisotopic (exact) mass is 297 g/mol. The van der Waals surface area contributed by atoms with Gasteiger partial charge in [-0.15, -0.1) is 11.3 Å². The second kappa shape index (κ2) is 5.04. The number of thiazole rings is 1. The fraction of sp³-hybridized carbons (Fsp3) is 0.133. The fourth-order valence-corrected chi connectivity index (χ4v) is 3.04. The van der Waals surface area contributed by atoms with Crippen molar-refractivity contribution in [1.29, 1.82) is 5.26 Å². The van der Waals surface area contributed by atoms with E-state index in [1.165, 1.54) is 6.20 Å². The highest BCUT2D eigenvalue weighted by atomic mass is 32.1. The van der Waals surface area contributed by atoms with Crippen molar-refractivity contribution < 1.29 is 9.90 Å². The van der Waals surface area contributed by atoms with Crippen LogP contribution >= 0.6 is 11.3 Å². The molecule has 1 aromatic carbocycles. The number of carboxylic acid groups (broad SMARTS) is 1. The molecule has 0 unspecified atom stereocenters. The zero-order valence-corrected chi connectivity index (χ0v) is 12.0. The van der Waals surface area contributed by atoms with E-state index in [0.29, 0.717) is 10.6 Å². The van der Waals surface area contributed by atoms with Gasteiger partial charge in [0.2, 0.25) is 0 Å². The predicted octanol–water partition coefficient (Wildman–Crippen LogP) is 3.35. The summed E-state index contributed by atoms with van der Waals surface area (Å²) in [6.07, 6.45) is 3.19. The van der Waals surface area contributed by atoms with Crippen LogP contribution in [0.5, 0.6) is 0 Å². The first-order chi connectivity index (χ1) is 10.1. The maximum atomic E-state index is 10.9. The van der Waals surface area contributed by atoms with Gasteiger partial charge in [-0.1, -0.05) is 0 Å². The number of benzene rings is 1. The van der Waals surface area contributed by atoms with Gasteiger partial charge in [-0.3, -0.25) is 0 Å². The standard InChI is InChI=1S/C15H11N3O2S/c1-2-18-8-10(6-16)11-5-9(3-4-12(11)18)14-17-7-13(21-14)15(19)20/h3-5,7-8H,2H2,1H3,(H,19,20). The zero-order valence-electron chi connectivity index (χ0n) is 11.2. The van der Waals surface area contributed by atoms with E-state index in [9.17, 15) is 10.1 Å². The Morgan fingerprint density at radius 2 is 2.33 bits per heavy atom. The molecule has 0 radical (unpaired) electrons. The van der Waals surface area contributed by atoms with Crippen LogP contribution in [0.1, 0.15) is 22.2 Å². The molecular weight excluding hydrogens is 286 g/mol. The topological polar surface area (TPSA) is 78.9 Å². The number of rotatable bonds is 3. The highest BCUT2D eigenvalue weighted by Crippen LogP contribution is 2.30. The van der Waals surface area contributed by atoms with Crippen LogP contribution in [0.15, 0.2) is 30.6 Å². The van der Waals surface area contributed by atoms with Crippen LogP contribution in [0.3, 0.4) is 0 Å². The largest absolute Gasteiger partial charge is 0.477 e. The number of carbonyl (C=O) groups is 1. The van der Waals surface area contributed by atoms with Gasteiger partial charge in [0.05, 0.1) is 11.8 Å². The molecule has 0 spiro atoms. The van der Waals surface area contributed by atoms with E-state index in [1.807, 2.05) is 35.9 Å². The van der Waals surface area contributed by atoms with E-state index in [0.717, 1.165) is 34.3 Å². The normalized spacial score (nSPS) is 10.7. The van der Waals surface area contributed by atoms with Crippen molar-refractivity contribution in [2.45, 2.75) is 13.5 Å². The molecule has 0 saturated carbocycles. The average molecular weight is 297 g/mol. The van der Waals surface area contributed by atoms with E-state index in [2.05, 4.69) is 11.1 Å². The zero-order chi connectivity index (χ0) is 15.0. The second-order valence-electron chi connectivity index (χ2n) is 4.51. The smallest absolute Gasteiger partial charge is 0.347 e. The molecule has 104 valence electrons. The Kier molecular flexibility index (Phi) is 3.20. The number of hydrogen-bond donors (Lipinski definition) is 1. The summed E-state index contributed by atoms with van der Waals surface area (Å²) in [5.41, 5.74) is 2.43. The Bertz CT molecular complexity index is 886. The molecule has 1 N–H and O–H groups in total. The van der Waals surface area contributed by atoms with Gasteiger partial charge in [0.15, 0.2) is 0 Å². The van der Waals surface area contributed by atoms with Crippen LogP contribution in [-0.4, -0.2) is 20.6 Å². The Balaban J connectivity index is 2.16. The number of carboxylic acids is 1. The summed E-state index contributed by atoms with van der Waals surface area (Å²) >= 11 is 1.13. The molecule has 5 nitrogen and oxygen atoms in total. The third-order valence-electron chi connectivity index (χ3n) is 3.31. The molecule has 3 rings (SSSR count). The first-order valence-corrected chi connectivity index (χ1v) is 7.18. The Hall–Kier alpha value is -2.65. The molecule has 0 aliphatic rings. The van der Waals surface area contributed by atoms with Gasteiger partial charge in [0.1, 0.15) is 16.0 Å². The predicted molar refractivity (Wildman–Crippen MR) is 80.4 cm³/mol. The molecule has 0 aliphatic heterocycles. The summed E-state index contributed by atoms with van der Waals surface area (Å²) in [6, 6.07) is 7.93. The van der Waals surface area contributed by atoms with E-state index in [-0.39, 0.29) is 4.88 Å². The summed E-state index contributed by atoms with van der Waals surface area (Å²) in [5.74, 6) is -0.977. The first kappa shape index (κ1) is 13.3. The van der Waals surface area contributed by atoms with Crippen molar-refractivity contribution in [1.82, 2.24) is 9.55 Å². The van der Waals surface area contributed by atoms with Crippen LogP contribution in [0.2, 0.25) is 0 Å². The van der Waals surface area contributed by atoms with E-state index in [4.69, 9.17) is 5.11 Å². The highest BCUT2D eigenvalue weighted by molar-refractivity contribution is 7.16. The van der Waals surface area contributed by atoms with E-state index in [1.54, 1.807) is 0 Å². The van der Waals surface area contributed by atoms with Gasteiger partial charge in [0.25, 0.3) is 0 Å². The number of fused-ring (bicyclic) bond motifs is 1. The van der Waals surface area contributed by atoms with Crippen molar-refractivity contribution in [2.75, 3.05) is 0 Å². The van der Waals surface area contributed by atoms with Gasteiger partial charge >= 0.3 is 5.97 Å². The van der Waals surface area contributed by atoms with Crippen molar-refractivity contribution in [3.05, 3.63) is 41.0 Å². The van der Waals surface area contributed by atoms with Crippen molar-refractivity contribution in [3.63, 3.8) is 0 Å². The molecular formula is C15H11N3O2S. The third-order valence-corrected chi connectivity index (χ3v) is 4.34. The minimum Gasteiger partial charge on any atom is -0.477 e. The number of nitrogens with zero attached hydrogens (tertiary/aromatic N) is 3. The number of aromatic carboxylic acids is 1. The molecule has 0 bridgehead atoms. The summed E-state index contributed by atoms with van der Waals surface area (Å²) in [4.78, 5) is 15.3. The Labute approximate surface area is 124 Å². The summed E-state index contributed by atoms with van der Waals surface area (Å²) in [5, 5.41) is 19.7. The SMILES string of the molecule is CCn1cc(C#N)c2cc(-c3ncc(C(=O)O)s3)ccc21. The van der Waals surface area contributed by atoms with Gasteiger partial charge in [-0.25, -0.2) is 9.78 Å². The molecule has 6 heteroatoms.